The van der Waals surface area contributed by atoms with Crippen molar-refractivity contribution in [2.75, 3.05) is 13.1 Å². The maximum Gasteiger partial charge on any atom is 0.315 e. The Morgan fingerprint density at radius 3 is 2.22 bits per heavy atom. The number of hydrogen-bond acceptors (Lipinski definition) is 6. The van der Waals surface area contributed by atoms with E-state index in [9.17, 15) is 24.0 Å². The predicted molar refractivity (Wildman–Crippen MR) is 170 cm³/mol. The average Bonchev–Trinajstić information content (AvgIpc) is 3.68. The molecule has 5 amide bonds. The molecular formula is C34H52N6O5. The van der Waals surface area contributed by atoms with Gasteiger partial charge in [0.25, 0.3) is 5.91 Å². The van der Waals surface area contributed by atoms with Gasteiger partial charge in [0.2, 0.25) is 17.6 Å². The summed E-state index contributed by atoms with van der Waals surface area (Å²) in [4.78, 5) is 69.3. The van der Waals surface area contributed by atoms with Crippen molar-refractivity contribution in [3.05, 3.63) is 0 Å². The van der Waals surface area contributed by atoms with Gasteiger partial charge in [-0.05, 0) is 49.9 Å². The van der Waals surface area contributed by atoms with Crippen molar-refractivity contribution in [1.82, 2.24) is 31.5 Å². The van der Waals surface area contributed by atoms with Gasteiger partial charge in [-0.2, -0.15) is 0 Å². The molecule has 3 saturated carbocycles. The summed E-state index contributed by atoms with van der Waals surface area (Å²) in [7, 11) is 0. The Bertz CT molecular complexity index is 1180. The van der Waals surface area contributed by atoms with E-state index in [1.807, 2.05) is 0 Å². The lowest BCUT2D eigenvalue weighted by atomic mass is 9.70. The quantitative estimate of drug-likeness (QED) is 0.127. The van der Waals surface area contributed by atoms with Gasteiger partial charge in [0.05, 0.1) is 18.6 Å². The molecule has 248 valence electrons. The van der Waals surface area contributed by atoms with Crippen LogP contribution in [0.5, 0.6) is 0 Å². The highest BCUT2D eigenvalue weighted by Crippen LogP contribution is 2.41. The molecule has 5 atom stereocenters. The summed E-state index contributed by atoms with van der Waals surface area (Å²) in [6.45, 7) is 4.45. The van der Waals surface area contributed by atoms with Crippen molar-refractivity contribution in [2.24, 2.45) is 11.3 Å². The zero-order valence-corrected chi connectivity index (χ0v) is 27.1. The Morgan fingerprint density at radius 1 is 0.956 bits per heavy atom. The summed E-state index contributed by atoms with van der Waals surface area (Å²) >= 11 is 0. The average molecular weight is 625 g/mol. The number of nitrogens with zero attached hydrogens (tertiary/aromatic N) is 1. The standard InChI is InChI=1S/C34H52N6O5/c1-4-19-35-30(43)27(41)23(20-22-13-12-14-22)37-29(42)26-25-24(36-25)21-40(26)31(44)28(33(3)15-8-6-9-16-33)38-32(45)39-34(5-2)17-10-7-11-18-34/h1,22-26,28,36H,5-21H2,2-3H3,(H,35,43)(H,37,42)(H2,38,39,45)/t23?,24?,25-,26?,28-/m1/s1. The van der Waals surface area contributed by atoms with E-state index < -0.39 is 41.1 Å². The minimum atomic E-state index is -0.994. The highest BCUT2D eigenvalue weighted by molar-refractivity contribution is 6.38. The van der Waals surface area contributed by atoms with E-state index in [4.69, 9.17) is 6.42 Å². The lowest BCUT2D eigenvalue weighted by Gasteiger charge is -2.44. The molecule has 11 heteroatoms. The van der Waals surface area contributed by atoms with Crippen LogP contribution in [0, 0.1) is 23.7 Å². The van der Waals surface area contributed by atoms with E-state index in [-0.39, 0.29) is 42.0 Å². The zero-order valence-electron chi connectivity index (χ0n) is 27.1. The van der Waals surface area contributed by atoms with Gasteiger partial charge in [-0.3, -0.25) is 19.2 Å². The number of rotatable bonds is 12. The topological polar surface area (TPSA) is 159 Å². The van der Waals surface area contributed by atoms with E-state index in [1.54, 1.807) is 4.90 Å². The molecule has 0 radical (unpaired) electrons. The Kier molecular flexibility index (Phi) is 10.4. The number of hydrogen-bond donors (Lipinski definition) is 5. The summed E-state index contributed by atoms with van der Waals surface area (Å²) in [5.41, 5.74) is -0.711. The van der Waals surface area contributed by atoms with E-state index in [0.717, 1.165) is 83.5 Å². The molecule has 3 unspecified atom stereocenters. The summed E-state index contributed by atoms with van der Waals surface area (Å²) in [5.74, 6) is 0.298. The van der Waals surface area contributed by atoms with Gasteiger partial charge in [0.1, 0.15) is 12.1 Å². The van der Waals surface area contributed by atoms with Gasteiger partial charge in [-0.1, -0.05) is 77.6 Å². The van der Waals surface area contributed by atoms with E-state index in [0.29, 0.717) is 13.0 Å². The van der Waals surface area contributed by atoms with Gasteiger partial charge < -0.3 is 31.5 Å². The Balaban J connectivity index is 1.33. The normalized spacial score (nSPS) is 27.8. The smallest absolute Gasteiger partial charge is 0.315 e. The SMILES string of the molecule is C#CCNC(=O)C(=O)C(CC1CCC1)NC(=O)C1[C@@H]2NC2CN1C(=O)[C@@H](NC(=O)NC1(CC)CCCCC1)C1(C)CCCCC1. The molecule has 0 aromatic heterocycles. The number of amides is 5. The number of nitrogens with one attached hydrogen (secondary N) is 5. The Hall–Kier alpha value is -3.13. The van der Waals surface area contributed by atoms with Crippen molar-refractivity contribution in [3.63, 3.8) is 0 Å². The second-order valence-electron chi connectivity index (χ2n) is 14.5. The highest BCUT2D eigenvalue weighted by atomic mass is 16.2. The van der Waals surface area contributed by atoms with Crippen molar-refractivity contribution in [1.29, 1.82) is 0 Å². The number of carbonyl (C=O) groups excluding carboxylic acids is 5. The molecule has 45 heavy (non-hydrogen) atoms. The minimum absolute atomic E-state index is 0.0244. The molecule has 2 aliphatic heterocycles. The van der Waals surface area contributed by atoms with Crippen molar-refractivity contribution in [2.45, 2.75) is 146 Å². The summed E-state index contributed by atoms with van der Waals surface area (Å²) in [6, 6.07) is -3.20. The fraction of sp³-hybridized carbons (Fsp3) is 0.794. The first kappa shape index (κ1) is 33.2. The van der Waals surface area contributed by atoms with Crippen molar-refractivity contribution >= 4 is 29.5 Å². The molecule has 5 aliphatic rings. The number of urea groups is 1. The van der Waals surface area contributed by atoms with Crippen LogP contribution in [0.1, 0.15) is 110 Å². The summed E-state index contributed by atoms with van der Waals surface area (Å²) in [5, 5.41) is 14.9. The first-order valence-electron chi connectivity index (χ1n) is 17.3. The first-order chi connectivity index (χ1) is 21.6. The maximum absolute atomic E-state index is 14.5. The van der Waals surface area contributed by atoms with Gasteiger partial charge in [-0.25, -0.2) is 4.79 Å². The highest BCUT2D eigenvalue weighted by Gasteiger charge is 2.59. The molecule has 2 saturated heterocycles. The summed E-state index contributed by atoms with van der Waals surface area (Å²) < 4.78 is 0. The molecule has 2 heterocycles. The van der Waals surface area contributed by atoms with Crippen LogP contribution in [-0.4, -0.2) is 83.3 Å². The van der Waals surface area contributed by atoms with Crippen LogP contribution in [0.15, 0.2) is 0 Å². The van der Waals surface area contributed by atoms with Crippen LogP contribution in [0.4, 0.5) is 4.79 Å². The first-order valence-corrected chi connectivity index (χ1v) is 17.3. The lowest BCUT2D eigenvalue weighted by Crippen LogP contribution is -2.64. The minimum Gasteiger partial charge on any atom is -0.344 e. The molecule has 5 fully saturated rings. The number of Topliss-reactive ketones (excluding diaryl/α,β-unsaturated/α-hetero) is 1. The molecule has 0 spiro atoms. The number of carbonyl (C=O) groups is 5. The monoisotopic (exact) mass is 624 g/mol. The van der Waals surface area contributed by atoms with Crippen molar-refractivity contribution < 1.29 is 24.0 Å². The van der Waals surface area contributed by atoms with Crippen LogP contribution in [0.3, 0.4) is 0 Å². The van der Waals surface area contributed by atoms with Crippen LogP contribution in [0.2, 0.25) is 0 Å². The molecule has 0 bridgehead atoms. The van der Waals surface area contributed by atoms with Crippen LogP contribution in [-0.2, 0) is 19.2 Å². The molecule has 3 aliphatic carbocycles. The fourth-order valence-electron chi connectivity index (χ4n) is 8.20. The molecular weight excluding hydrogens is 572 g/mol. The van der Waals surface area contributed by atoms with E-state index >= 15 is 0 Å². The molecule has 0 aromatic carbocycles. The number of fused-ring (bicyclic) bond motifs is 1. The number of piperazine rings is 1. The van der Waals surface area contributed by atoms with Gasteiger partial charge in [0.15, 0.2) is 0 Å². The Labute approximate surface area is 267 Å². The maximum atomic E-state index is 14.5. The largest absolute Gasteiger partial charge is 0.344 e. The molecule has 5 N–H and O–H groups in total. The van der Waals surface area contributed by atoms with Gasteiger partial charge in [-0.15, -0.1) is 6.42 Å². The number of likely N-dealkylation sites (tertiary alicyclic amines) is 1. The predicted octanol–water partition coefficient (Wildman–Crippen LogP) is 2.28. The summed E-state index contributed by atoms with van der Waals surface area (Å²) in [6.07, 6.45) is 19.2. The fourth-order valence-corrected chi connectivity index (χ4v) is 8.20. The van der Waals surface area contributed by atoms with Crippen LogP contribution >= 0.6 is 0 Å². The Morgan fingerprint density at radius 2 is 1.62 bits per heavy atom. The lowest BCUT2D eigenvalue weighted by molar-refractivity contribution is -0.145. The molecule has 11 nitrogen and oxygen atoms in total. The zero-order chi connectivity index (χ0) is 32.2. The van der Waals surface area contributed by atoms with E-state index in [1.165, 1.54) is 6.42 Å². The number of ketones is 1. The third-order valence-electron chi connectivity index (χ3n) is 11.4. The van der Waals surface area contributed by atoms with Crippen molar-refractivity contribution in [3.8, 4) is 12.3 Å². The third-order valence-corrected chi connectivity index (χ3v) is 11.4. The number of terminal acetylenes is 1. The second kappa shape index (κ2) is 14.1. The van der Waals surface area contributed by atoms with Crippen LogP contribution < -0.4 is 26.6 Å². The molecule has 5 rings (SSSR count). The molecule has 0 aromatic rings. The van der Waals surface area contributed by atoms with Gasteiger partial charge in [0, 0.05) is 18.1 Å². The van der Waals surface area contributed by atoms with Gasteiger partial charge >= 0.3 is 6.03 Å². The van der Waals surface area contributed by atoms with E-state index in [2.05, 4.69) is 46.4 Å². The van der Waals surface area contributed by atoms with Crippen LogP contribution in [0.25, 0.3) is 0 Å². The third kappa shape index (κ3) is 7.48. The second-order valence-corrected chi connectivity index (χ2v) is 14.5.